The quantitative estimate of drug-likeness (QED) is 0.520. The van der Waals surface area contributed by atoms with Crippen molar-refractivity contribution in [1.82, 2.24) is 19.6 Å². The van der Waals surface area contributed by atoms with E-state index in [1.807, 2.05) is 18.2 Å². The van der Waals surface area contributed by atoms with Crippen molar-refractivity contribution in [2.24, 2.45) is 0 Å². The number of fused-ring (bicyclic) bond motifs is 3. The van der Waals surface area contributed by atoms with Crippen molar-refractivity contribution in [1.29, 1.82) is 0 Å². The molecule has 37 heavy (non-hydrogen) atoms. The molecule has 1 atom stereocenters. The summed E-state index contributed by atoms with van der Waals surface area (Å²) < 4.78 is 39.1. The third-order valence-corrected chi connectivity index (χ3v) is 9.06. The van der Waals surface area contributed by atoms with Crippen molar-refractivity contribution in [3.63, 3.8) is 0 Å². The van der Waals surface area contributed by atoms with Gasteiger partial charge in [0, 0.05) is 43.3 Å². The van der Waals surface area contributed by atoms with E-state index in [0.29, 0.717) is 49.2 Å². The maximum absolute atomic E-state index is 13.5. The fourth-order valence-corrected chi connectivity index (χ4v) is 6.91. The summed E-state index contributed by atoms with van der Waals surface area (Å²) in [5, 5.41) is 4.75. The van der Waals surface area contributed by atoms with Crippen LogP contribution in [0.2, 0.25) is 0 Å². The number of morpholine rings is 2. The molecule has 3 aromatic rings. The van der Waals surface area contributed by atoms with Crippen molar-refractivity contribution < 1.29 is 22.7 Å². The van der Waals surface area contributed by atoms with Gasteiger partial charge in [0.2, 0.25) is 0 Å². The zero-order valence-corrected chi connectivity index (χ0v) is 21.6. The largest absolute Gasteiger partial charge is 0.379 e. The van der Waals surface area contributed by atoms with Gasteiger partial charge in [-0.05, 0) is 30.7 Å². The second kappa shape index (κ2) is 9.68. The minimum atomic E-state index is -3.60. The van der Waals surface area contributed by atoms with Gasteiger partial charge in [-0.15, -0.1) is 0 Å². The number of aromatic nitrogens is 2. The molecule has 3 aliphatic heterocycles. The lowest BCUT2D eigenvalue weighted by atomic mass is 10.0. The van der Waals surface area contributed by atoms with Crippen LogP contribution < -0.4 is 0 Å². The predicted molar refractivity (Wildman–Crippen MR) is 137 cm³/mol. The number of carbonyl (C=O) groups excluding carboxylic acids is 1. The average molecular weight is 523 g/mol. The van der Waals surface area contributed by atoms with Gasteiger partial charge >= 0.3 is 0 Å². The van der Waals surface area contributed by atoms with E-state index in [2.05, 4.69) is 24.0 Å². The van der Waals surface area contributed by atoms with Crippen LogP contribution in [-0.4, -0.2) is 86.0 Å². The molecule has 2 saturated heterocycles. The second-order valence-electron chi connectivity index (χ2n) is 9.81. The number of rotatable bonds is 4. The molecule has 0 N–H and O–H groups in total. The van der Waals surface area contributed by atoms with E-state index >= 15 is 0 Å². The topological polar surface area (TPSA) is 94.0 Å². The van der Waals surface area contributed by atoms with Gasteiger partial charge < -0.3 is 14.4 Å². The highest BCUT2D eigenvalue weighted by Crippen LogP contribution is 2.40. The summed E-state index contributed by atoms with van der Waals surface area (Å²) in [5.41, 5.74) is 3.85. The van der Waals surface area contributed by atoms with E-state index in [1.54, 1.807) is 27.8 Å². The fraction of sp³-hybridized carbons (Fsp3) is 0.407. The molecule has 2 aromatic carbocycles. The minimum absolute atomic E-state index is 0.196. The zero-order valence-electron chi connectivity index (χ0n) is 20.8. The van der Waals surface area contributed by atoms with Crippen molar-refractivity contribution in [3.05, 3.63) is 65.4 Å². The van der Waals surface area contributed by atoms with E-state index in [1.165, 1.54) is 5.56 Å². The Bertz CT molecular complexity index is 1430. The highest BCUT2D eigenvalue weighted by molar-refractivity contribution is 7.90. The van der Waals surface area contributed by atoms with E-state index in [4.69, 9.17) is 14.6 Å². The molecule has 9 nitrogen and oxygen atoms in total. The Morgan fingerprint density at radius 3 is 2.49 bits per heavy atom. The summed E-state index contributed by atoms with van der Waals surface area (Å²) in [6, 6.07) is 15.4. The molecule has 1 unspecified atom stereocenters. The van der Waals surface area contributed by atoms with Crippen LogP contribution in [0.25, 0.3) is 16.9 Å². The molecule has 10 heteroatoms. The van der Waals surface area contributed by atoms with Crippen molar-refractivity contribution in [2.75, 3.05) is 46.1 Å². The number of amides is 1. The number of hydrogen-bond acceptors (Lipinski definition) is 7. The van der Waals surface area contributed by atoms with E-state index in [0.717, 1.165) is 32.0 Å². The Hall–Kier alpha value is -3.05. The lowest BCUT2D eigenvalue weighted by molar-refractivity contribution is -0.00436. The SMILES string of the molecule is CC1COCCN1Cc1ccc(-n2nc(C(=O)N3CCOCC3)c3c2-c2ccccc2S(=O)(=O)C3)cc1. The van der Waals surface area contributed by atoms with Crippen LogP contribution >= 0.6 is 0 Å². The van der Waals surface area contributed by atoms with Crippen LogP contribution in [0, 0.1) is 0 Å². The monoisotopic (exact) mass is 522 g/mol. The smallest absolute Gasteiger partial charge is 0.274 e. The summed E-state index contributed by atoms with van der Waals surface area (Å²) in [5.74, 6) is -0.511. The third kappa shape index (κ3) is 4.48. The predicted octanol–water partition coefficient (Wildman–Crippen LogP) is 2.52. The van der Waals surface area contributed by atoms with Gasteiger partial charge in [-0.2, -0.15) is 5.10 Å². The maximum Gasteiger partial charge on any atom is 0.274 e. The molecule has 0 spiro atoms. The molecular weight excluding hydrogens is 492 g/mol. The summed E-state index contributed by atoms with van der Waals surface area (Å²) in [6.45, 7) is 7.19. The van der Waals surface area contributed by atoms with E-state index < -0.39 is 9.84 Å². The van der Waals surface area contributed by atoms with E-state index in [9.17, 15) is 13.2 Å². The number of sulfone groups is 1. The number of ether oxygens (including phenoxy) is 2. The molecule has 0 bridgehead atoms. The van der Waals surface area contributed by atoms with Crippen LogP contribution in [0.4, 0.5) is 0 Å². The zero-order chi connectivity index (χ0) is 25.6. The van der Waals surface area contributed by atoms with Crippen LogP contribution in [0.1, 0.15) is 28.5 Å². The molecular formula is C27H30N4O5S. The Morgan fingerprint density at radius 1 is 1.00 bits per heavy atom. The van der Waals surface area contributed by atoms with Crippen LogP contribution in [0.15, 0.2) is 53.4 Å². The number of hydrogen-bond donors (Lipinski definition) is 0. The molecule has 2 fully saturated rings. The van der Waals surface area contributed by atoms with Crippen LogP contribution in [0.5, 0.6) is 0 Å². The van der Waals surface area contributed by atoms with Crippen LogP contribution in [0.3, 0.4) is 0 Å². The number of benzene rings is 2. The average Bonchev–Trinajstić information content (AvgIpc) is 3.29. The highest BCUT2D eigenvalue weighted by atomic mass is 32.2. The molecule has 1 aromatic heterocycles. The van der Waals surface area contributed by atoms with Gasteiger partial charge in [0.25, 0.3) is 5.91 Å². The summed E-state index contributed by atoms with van der Waals surface area (Å²) in [7, 11) is -3.60. The van der Waals surface area contributed by atoms with Gasteiger partial charge in [-0.25, -0.2) is 13.1 Å². The first-order chi connectivity index (χ1) is 17.9. The maximum atomic E-state index is 13.5. The molecule has 3 aliphatic rings. The number of carbonyl (C=O) groups is 1. The summed E-state index contributed by atoms with van der Waals surface area (Å²) in [4.78, 5) is 17.9. The van der Waals surface area contributed by atoms with Crippen molar-refractivity contribution >= 4 is 15.7 Å². The Morgan fingerprint density at radius 2 is 1.73 bits per heavy atom. The first-order valence-electron chi connectivity index (χ1n) is 12.6. The van der Waals surface area contributed by atoms with Gasteiger partial charge in [-0.3, -0.25) is 9.69 Å². The van der Waals surface area contributed by atoms with Gasteiger partial charge in [-0.1, -0.05) is 30.3 Å². The standard InChI is InChI=1S/C27H30N4O5S/c1-19-17-36-15-12-30(19)16-20-6-8-21(9-7-20)31-26-22-4-2-3-5-24(22)37(33,34)18-23(26)25(28-31)27(32)29-10-13-35-14-11-29/h2-9,19H,10-18H2,1H3. The normalized spacial score (nSPS) is 21.3. The van der Waals surface area contributed by atoms with Crippen molar-refractivity contribution in [2.45, 2.75) is 30.2 Å². The first-order valence-corrected chi connectivity index (χ1v) is 14.3. The molecule has 1 amide bonds. The molecule has 0 aliphatic carbocycles. The summed E-state index contributed by atoms with van der Waals surface area (Å²) >= 11 is 0. The Labute approximate surface area is 216 Å². The highest BCUT2D eigenvalue weighted by Gasteiger charge is 2.37. The molecule has 0 saturated carbocycles. The lowest BCUT2D eigenvalue weighted by Gasteiger charge is -2.33. The Kier molecular flexibility index (Phi) is 6.36. The second-order valence-corrected chi connectivity index (χ2v) is 11.8. The van der Waals surface area contributed by atoms with Gasteiger partial charge in [0.1, 0.15) is 0 Å². The first kappa shape index (κ1) is 24.3. The lowest BCUT2D eigenvalue weighted by Crippen LogP contribution is -2.42. The summed E-state index contributed by atoms with van der Waals surface area (Å²) in [6.07, 6.45) is 0. The minimum Gasteiger partial charge on any atom is -0.379 e. The molecule has 6 rings (SSSR count). The Balaban J connectivity index is 1.42. The van der Waals surface area contributed by atoms with E-state index in [-0.39, 0.29) is 22.2 Å². The fourth-order valence-electron chi connectivity index (χ4n) is 5.31. The molecule has 0 radical (unpaired) electrons. The van der Waals surface area contributed by atoms with Gasteiger partial charge in [0.05, 0.1) is 48.5 Å². The third-order valence-electron chi connectivity index (χ3n) is 7.37. The molecule has 194 valence electrons. The van der Waals surface area contributed by atoms with Crippen molar-refractivity contribution in [3.8, 4) is 16.9 Å². The van der Waals surface area contributed by atoms with Crippen LogP contribution in [-0.2, 0) is 31.6 Å². The molecule has 4 heterocycles. The van der Waals surface area contributed by atoms with Gasteiger partial charge in [0.15, 0.2) is 15.5 Å². The number of nitrogens with zero attached hydrogens (tertiary/aromatic N) is 4.